The van der Waals surface area contributed by atoms with Crippen LogP contribution in [0.4, 0.5) is 0 Å². The highest BCUT2D eigenvalue weighted by molar-refractivity contribution is 7.80. The van der Waals surface area contributed by atoms with Gasteiger partial charge < -0.3 is 14.0 Å². The van der Waals surface area contributed by atoms with Crippen LogP contribution in [0.5, 0.6) is 11.5 Å². The van der Waals surface area contributed by atoms with Gasteiger partial charge in [0.1, 0.15) is 17.1 Å². The summed E-state index contributed by atoms with van der Waals surface area (Å²) in [6, 6.07) is 21.0. The van der Waals surface area contributed by atoms with Gasteiger partial charge >= 0.3 is 0 Å². The molecule has 0 atom stereocenters. The van der Waals surface area contributed by atoms with Crippen LogP contribution in [-0.2, 0) is 7.05 Å². The molecule has 0 aliphatic heterocycles. The van der Waals surface area contributed by atoms with Crippen LogP contribution in [0.15, 0.2) is 73.1 Å². The largest absolute Gasteiger partial charge is 0.497 e. The molecule has 0 saturated heterocycles. The quantitative estimate of drug-likeness (QED) is 0.501. The second-order valence-corrected chi connectivity index (χ2v) is 8.41. The summed E-state index contributed by atoms with van der Waals surface area (Å²) in [5.41, 5.74) is 1.00. The third kappa shape index (κ3) is 3.29. The third-order valence-corrected chi connectivity index (χ3v) is 7.15. The minimum Gasteiger partial charge on any atom is -0.497 e. The summed E-state index contributed by atoms with van der Waals surface area (Å²) >= 11 is 0. The summed E-state index contributed by atoms with van der Waals surface area (Å²) in [5.74, 6) is 1.73. The Morgan fingerprint density at radius 3 is 1.85 bits per heavy atom. The van der Waals surface area contributed by atoms with E-state index in [0.717, 1.165) is 17.1 Å². The molecule has 0 aliphatic rings. The van der Waals surface area contributed by atoms with E-state index in [1.54, 1.807) is 14.2 Å². The maximum atomic E-state index is 5.34. The molecule has 0 unspecified atom stereocenters. The molecule has 0 radical (unpaired) electrons. The zero-order valence-electron chi connectivity index (χ0n) is 15.6. The lowest BCUT2D eigenvalue weighted by Gasteiger charge is -2.20. The molecule has 0 N–H and O–H groups in total. The number of rotatable bonds is 5. The van der Waals surface area contributed by atoms with Gasteiger partial charge in [0.05, 0.1) is 14.2 Å². The molecule has 2 heterocycles. The first-order chi connectivity index (χ1) is 13.2. The van der Waals surface area contributed by atoms with Gasteiger partial charge in [-0.05, 0) is 60.2 Å². The van der Waals surface area contributed by atoms with Gasteiger partial charge in [-0.3, -0.25) is 0 Å². The monoisotopic (exact) mass is 376 g/mol. The van der Waals surface area contributed by atoms with Crippen molar-refractivity contribution in [3.63, 3.8) is 0 Å². The Hall–Kier alpha value is -2.84. The first kappa shape index (κ1) is 17.6. The lowest BCUT2D eigenvalue weighted by Crippen LogP contribution is -2.21. The molecule has 0 fully saturated rings. The zero-order valence-corrected chi connectivity index (χ0v) is 16.5. The van der Waals surface area contributed by atoms with Gasteiger partial charge in [-0.15, -0.1) is 0 Å². The number of fused-ring (bicyclic) bond motifs is 1. The summed E-state index contributed by atoms with van der Waals surface area (Å²) in [5, 5.41) is 5.03. The molecule has 4 aromatic rings. The summed E-state index contributed by atoms with van der Waals surface area (Å²) in [6.45, 7) is 0. The van der Waals surface area contributed by atoms with Gasteiger partial charge in [0, 0.05) is 24.8 Å². The van der Waals surface area contributed by atoms with Gasteiger partial charge in [0.15, 0.2) is 0 Å². The number of pyridine rings is 1. The standard InChI is InChI=1S/C22H21N2O2P/c1-24-15-13-20-21(12-14-23-22(20)24)27(18-8-4-16(25-2)5-9-18)19-10-6-17(26-3)7-11-19/h4-15H,1-3H3. The molecule has 0 saturated carbocycles. The van der Waals surface area contributed by atoms with Crippen LogP contribution >= 0.6 is 7.92 Å². The highest BCUT2D eigenvalue weighted by Gasteiger charge is 2.20. The zero-order chi connectivity index (χ0) is 18.8. The predicted octanol–water partition coefficient (Wildman–Crippen LogP) is 3.35. The molecule has 27 heavy (non-hydrogen) atoms. The average molecular weight is 376 g/mol. The van der Waals surface area contributed by atoms with Gasteiger partial charge in [-0.2, -0.15) is 0 Å². The number of aryl methyl sites for hydroxylation is 1. The Kier molecular flexibility index (Phi) is 4.83. The normalized spacial score (nSPS) is 11.1. The predicted molar refractivity (Wildman–Crippen MR) is 113 cm³/mol. The van der Waals surface area contributed by atoms with Crippen LogP contribution in [0.1, 0.15) is 0 Å². The Labute approximate surface area is 160 Å². The van der Waals surface area contributed by atoms with Crippen LogP contribution in [0.3, 0.4) is 0 Å². The number of ether oxygens (including phenoxy) is 2. The molecule has 5 heteroatoms. The highest BCUT2D eigenvalue weighted by Crippen LogP contribution is 2.36. The smallest absolute Gasteiger partial charge is 0.140 e. The summed E-state index contributed by atoms with van der Waals surface area (Å²) in [6.07, 6.45) is 3.97. The van der Waals surface area contributed by atoms with Crippen molar-refractivity contribution in [2.75, 3.05) is 14.2 Å². The lowest BCUT2D eigenvalue weighted by atomic mass is 10.3. The van der Waals surface area contributed by atoms with E-state index in [4.69, 9.17) is 9.47 Å². The fourth-order valence-electron chi connectivity index (χ4n) is 3.24. The molecular formula is C22H21N2O2P. The van der Waals surface area contributed by atoms with Gasteiger partial charge in [-0.1, -0.05) is 24.3 Å². The van der Waals surface area contributed by atoms with Crippen molar-refractivity contribution in [1.29, 1.82) is 0 Å². The molecule has 2 aromatic carbocycles. The minimum atomic E-state index is -0.732. The maximum absolute atomic E-state index is 5.34. The lowest BCUT2D eigenvalue weighted by molar-refractivity contribution is 0.415. The van der Waals surface area contributed by atoms with Gasteiger partial charge in [0.25, 0.3) is 0 Å². The number of aromatic nitrogens is 2. The fourth-order valence-corrected chi connectivity index (χ4v) is 5.62. The maximum Gasteiger partial charge on any atom is 0.140 e. The second-order valence-electron chi connectivity index (χ2n) is 6.23. The molecule has 4 nitrogen and oxygen atoms in total. The number of hydrogen-bond donors (Lipinski definition) is 0. The topological polar surface area (TPSA) is 36.3 Å². The summed E-state index contributed by atoms with van der Waals surface area (Å²) in [4.78, 5) is 4.56. The molecule has 4 rings (SSSR count). The SMILES string of the molecule is COc1ccc(P(c2ccc(OC)cc2)c2ccnc3c2ccn3C)cc1. The Bertz CT molecular complexity index is 1010. The molecule has 0 spiro atoms. The fraction of sp³-hybridized carbons (Fsp3) is 0.136. The first-order valence-corrected chi connectivity index (χ1v) is 10.0. The highest BCUT2D eigenvalue weighted by atomic mass is 31.1. The van der Waals surface area contributed by atoms with E-state index in [1.165, 1.54) is 21.3 Å². The van der Waals surface area contributed by atoms with E-state index in [-0.39, 0.29) is 0 Å². The third-order valence-electron chi connectivity index (χ3n) is 4.65. The summed E-state index contributed by atoms with van der Waals surface area (Å²) in [7, 11) is 4.68. The van der Waals surface area contributed by atoms with E-state index in [9.17, 15) is 0 Å². The van der Waals surface area contributed by atoms with Crippen molar-refractivity contribution < 1.29 is 9.47 Å². The molecular weight excluding hydrogens is 355 g/mol. The Morgan fingerprint density at radius 1 is 0.778 bits per heavy atom. The number of hydrogen-bond acceptors (Lipinski definition) is 3. The van der Waals surface area contributed by atoms with Crippen LogP contribution in [-0.4, -0.2) is 23.8 Å². The molecule has 0 aliphatic carbocycles. The first-order valence-electron chi connectivity index (χ1n) is 8.69. The summed E-state index contributed by atoms with van der Waals surface area (Å²) < 4.78 is 12.7. The van der Waals surface area contributed by atoms with E-state index in [1.807, 2.05) is 37.5 Å². The number of benzene rings is 2. The van der Waals surface area contributed by atoms with Crippen LogP contribution in [0.2, 0.25) is 0 Å². The van der Waals surface area contributed by atoms with Crippen molar-refractivity contribution in [2.24, 2.45) is 7.05 Å². The Balaban J connectivity index is 1.91. The van der Waals surface area contributed by atoms with Gasteiger partial charge in [-0.25, -0.2) is 4.98 Å². The van der Waals surface area contributed by atoms with E-state index in [2.05, 4.69) is 52.1 Å². The van der Waals surface area contributed by atoms with Crippen molar-refractivity contribution in [2.45, 2.75) is 0 Å². The molecule has 2 aromatic heterocycles. The number of methoxy groups -OCH3 is 2. The minimum absolute atomic E-state index is 0.732. The van der Waals surface area contributed by atoms with Crippen molar-refractivity contribution in [1.82, 2.24) is 9.55 Å². The molecule has 136 valence electrons. The van der Waals surface area contributed by atoms with Crippen molar-refractivity contribution >= 4 is 34.9 Å². The average Bonchev–Trinajstić information content (AvgIpc) is 3.11. The second kappa shape index (κ2) is 7.42. The van der Waals surface area contributed by atoms with E-state index >= 15 is 0 Å². The van der Waals surface area contributed by atoms with Crippen LogP contribution < -0.4 is 25.4 Å². The number of nitrogens with zero attached hydrogens (tertiary/aromatic N) is 2. The van der Waals surface area contributed by atoms with E-state index < -0.39 is 7.92 Å². The Morgan fingerprint density at radius 2 is 1.33 bits per heavy atom. The van der Waals surface area contributed by atoms with Crippen molar-refractivity contribution in [3.8, 4) is 11.5 Å². The van der Waals surface area contributed by atoms with Crippen LogP contribution in [0.25, 0.3) is 11.0 Å². The molecule has 0 amide bonds. The molecule has 0 bridgehead atoms. The van der Waals surface area contributed by atoms with Crippen molar-refractivity contribution in [3.05, 3.63) is 73.1 Å². The van der Waals surface area contributed by atoms with Crippen LogP contribution in [0, 0.1) is 0 Å². The van der Waals surface area contributed by atoms with Gasteiger partial charge in [0.2, 0.25) is 0 Å². The van der Waals surface area contributed by atoms with E-state index in [0.29, 0.717) is 0 Å².